The van der Waals surface area contributed by atoms with E-state index in [4.69, 9.17) is 5.73 Å². The van der Waals surface area contributed by atoms with Crippen LogP contribution in [0.1, 0.15) is 10.4 Å². The number of halogens is 1. The molecule has 0 saturated carbocycles. The Kier molecular flexibility index (Phi) is 3.74. The largest absolute Gasteiger partial charge is 0.465 e. The molecule has 2 aromatic carbocycles. The van der Waals surface area contributed by atoms with Gasteiger partial charge in [-0.15, -0.1) is 12.4 Å². The molecule has 0 heterocycles. The molecule has 0 aliphatic rings. The van der Waals surface area contributed by atoms with E-state index in [0.29, 0.717) is 11.3 Å². The van der Waals surface area contributed by atoms with E-state index in [1.54, 1.807) is 6.07 Å². The summed E-state index contributed by atoms with van der Waals surface area (Å²) in [4.78, 5) is 11.4. The maximum atomic E-state index is 11.4. The summed E-state index contributed by atoms with van der Waals surface area (Å²) in [6, 6.07) is 11.2. The van der Waals surface area contributed by atoms with E-state index in [0.717, 1.165) is 10.8 Å². The van der Waals surface area contributed by atoms with Gasteiger partial charge >= 0.3 is 5.97 Å². The smallest absolute Gasteiger partial charge is 0.339 e. The molecule has 84 valence electrons. The van der Waals surface area contributed by atoms with Crippen LogP contribution in [0.2, 0.25) is 0 Å². The van der Waals surface area contributed by atoms with Crippen LogP contribution in [0.15, 0.2) is 36.4 Å². The highest BCUT2D eigenvalue weighted by molar-refractivity contribution is 6.05. The molecule has 0 aliphatic carbocycles. The minimum atomic E-state index is -0.404. The highest BCUT2D eigenvalue weighted by atomic mass is 35.5. The summed E-state index contributed by atoms with van der Waals surface area (Å²) in [5.74, 6) is -0.404. The number of esters is 1. The summed E-state index contributed by atoms with van der Waals surface area (Å²) in [7, 11) is 1.34. The number of methoxy groups -OCH3 is 1. The van der Waals surface area contributed by atoms with Crippen LogP contribution in [0.25, 0.3) is 10.8 Å². The van der Waals surface area contributed by atoms with E-state index < -0.39 is 5.97 Å². The number of fused-ring (bicyclic) bond motifs is 1. The molecule has 4 heteroatoms. The van der Waals surface area contributed by atoms with Gasteiger partial charge in [0.1, 0.15) is 0 Å². The predicted octanol–water partition coefficient (Wildman–Crippen LogP) is 2.63. The number of hydrogen-bond acceptors (Lipinski definition) is 3. The average molecular weight is 238 g/mol. The number of nitrogens with two attached hydrogens (primary N) is 1. The van der Waals surface area contributed by atoms with Crippen molar-refractivity contribution in [1.82, 2.24) is 0 Å². The molecule has 0 spiro atoms. The standard InChI is InChI=1S/C12H11NO2.ClH/c1-15-12(14)10-7-6-8-4-2-3-5-9(8)11(10)13;/h2-7H,13H2,1H3;1H. The Balaban J connectivity index is 0.00000128. The summed E-state index contributed by atoms with van der Waals surface area (Å²) >= 11 is 0. The summed E-state index contributed by atoms with van der Waals surface area (Å²) < 4.78 is 4.65. The molecule has 0 radical (unpaired) electrons. The van der Waals surface area contributed by atoms with E-state index in [9.17, 15) is 4.79 Å². The predicted molar refractivity (Wildman–Crippen MR) is 66.9 cm³/mol. The molecule has 3 nitrogen and oxygen atoms in total. The monoisotopic (exact) mass is 237 g/mol. The lowest BCUT2D eigenvalue weighted by molar-refractivity contribution is 0.0602. The van der Waals surface area contributed by atoms with Crippen LogP contribution in [0.5, 0.6) is 0 Å². The molecule has 0 fully saturated rings. The van der Waals surface area contributed by atoms with E-state index >= 15 is 0 Å². The molecular formula is C12H12ClNO2. The third-order valence-electron chi connectivity index (χ3n) is 2.38. The van der Waals surface area contributed by atoms with Crippen LogP contribution in [0.3, 0.4) is 0 Å². The molecular weight excluding hydrogens is 226 g/mol. The normalized spacial score (nSPS) is 9.56. The first kappa shape index (κ1) is 12.3. The fraction of sp³-hybridized carbons (Fsp3) is 0.0833. The minimum absolute atomic E-state index is 0. The van der Waals surface area contributed by atoms with Crippen molar-refractivity contribution in [3.8, 4) is 0 Å². The first-order valence-electron chi connectivity index (χ1n) is 4.59. The second-order valence-corrected chi connectivity index (χ2v) is 3.24. The molecule has 0 atom stereocenters. The first-order valence-corrected chi connectivity index (χ1v) is 4.59. The minimum Gasteiger partial charge on any atom is -0.465 e. The molecule has 0 bridgehead atoms. The van der Waals surface area contributed by atoms with Crippen molar-refractivity contribution in [2.24, 2.45) is 0 Å². The Morgan fingerprint density at radius 1 is 1.19 bits per heavy atom. The second kappa shape index (κ2) is 4.86. The third kappa shape index (κ3) is 1.95. The number of carbonyl (C=O) groups is 1. The van der Waals surface area contributed by atoms with Gasteiger partial charge in [0.15, 0.2) is 0 Å². The van der Waals surface area contributed by atoms with Gasteiger partial charge in [-0.3, -0.25) is 0 Å². The Hall–Kier alpha value is -1.74. The van der Waals surface area contributed by atoms with Crippen molar-refractivity contribution in [1.29, 1.82) is 0 Å². The van der Waals surface area contributed by atoms with Gasteiger partial charge in [-0.1, -0.05) is 30.3 Å². The van der Waals surface area contributed by atoms with Crippen LogP contribution in [-0.2, 0) is 4.74 Å². The van der Waals surface area contributed by atoms with E-state index in [2.05, 4.69) is 4.74 Å². The molecule has 0 aliphatic heterocycles. The maximum Gasteiger partial charge on any atom is 0.339 e. The fourth-order valence-corrected chi connectivity index (χ4v) is 1.58. The van der Waals surface area contributed by atoms with Gasteiger partial charge in [0, 0.05) is 5.39 Å². The zero-order valence-corrected chi connectivity index (χ0v) is 9.58. The number of ether oxygens (including phenoxy) is 1. The maximum absolute atomic E-state index is 11.4. The quantitative estimate of drug-likeness (QED) is 0.613. The van der Waals surface area contributed by atoms with Crippen molar-refractivity contribution in [2.75, 3.05) is 12.8 Å². The number of carbonyl (C=O) groups excluding carboxylic acids is 1. The molecule has 0 aromatic heterocycles. The van der Waals surface area contributed by atoms with E-state index in [-0.39, 0.29) is 12.4 Å². The number of hydrogen-bond donors (Lipinski definition) is 1. The summed E-state index contributed by atoms with van der Waals surface area (Å²) in [5.41, 5.74) is 6.78. The molecule has 16 heavy (non-hydrogen) atoms. The Bertz CT molecular complexity index is 525. The van der Waals surface area contributed by atoms with Crippen molar-refractivity contribution >= 4 is 34.8 Å². The van der Waals surface area contributed by atoms with E-state index in [1.807, 2.05) is 30.3 Å². The summed E-state index contributed by atoms with van der Waals surface area (Å²) in [6.07, 6.45) is 0. The lowest BCUT2D eigenvalue weighted by Gasteiger charge is -2.06. The molecule has 2 aromatic rings. The molecule has 0 saturated heterocycles. The molecule has 2 rings (SSSR count). The Labute approximate surface area is 99.6 Å². The van der Waals surface area contributed by atoms with Gasteiger partial charge in [-0.25, -0.2) is 4.79 Å². The Morgan fingerprint density at radius 3 is 2.56 bits per heavy atom. The first-order chi connectivity index (χ1) is 7.24. The molecule has 0 amide bonds. The lowest BCUT2D eigenvalue weighted by Crippen LogP contribution is -2.05. The van der Waals surface area contributed by atoms with Crippen molar-refractivity contribution in [3.05, 3.63) is 42.0 Å². The zero-order valence-electron chi connectivity index (χ0n) is 8.77. The van der Waals surface area contributed by atoms with E-state index in [1.165, 1.54) is 7.11 Å². The van der Waals surface area contributed by atoms with Crippen molar-refractivity contribution in [2.45, 2.75) is 0 Å². The number of nitrogen functional groups attached to an aromatic ring is 1. The van der Waals surface area contributed by atoms with Gasteiger partial charge in [0.25, 0.3) is 0 Å². The van der Waals surface area contributed by atoms with Crippen molar-refractivity contribution < 1.29 is 9.53 Å². The van der Waals surface area contributed by atoms with Crippen LogP contribution in [0, 0.1) is 0 Å². The van der Waals surface area contributed by atoms with Gasteiger partial charge in [-0.05, 0) is 11.5 Å². The van der Waals surface area contributed by atoms with Crippen LogP contribution < -0.4 is 5.73 Å². The third-order valence-corrected chi connectivity index (χ3v) is 2.38. The average Bonchev–Trinajstić information content (AvgIpc) is 2.29. The van der Waals surface area contributed by atoms with Crippen LogP contribution in [-0.4, -0.2) is 13.1 Å². The van der Waals surface area contributed by atoms with Gasteiger partial charge in [0.2, 0.25) is 0 Å². The SMILES string of the molecule is COC(=O)c1ccc2ccccc2c1N.Cl. The van der Waals surface area contributed by atoms with Gasteiger partial charge in [0.05, 0.1) is 18.4 Å². The lowest BCUT2D eigenvalue weighted by atomic mass is 10.0. The number of rotatable bonds is 1. The fourth-order valence-electron chi connectivity index (χ4n) is 1.58. The zero-order chi connectivity index (χ0) is 10.8. The number of anilines is 1. The number of benzene rings is 2. The highest BCUT2D eigenvalue weighted by Crippen LogP contribution is 2.24. The van der Waals surface area contributed by atoms with Gasteiger partial charge in [-0.2, -0.15) is 0 Å². The van der Waals surface area contributed by atoms with Crippen LogP contribution >= 0.6 is 12.4 Å². The molecule has 2 N–H and O–H groups in total. The Morgan fingerprint density at radius 2 is 1.88 bits per heavy atom. The molecule has 0 unspecified atom stereocenters. The topological polar surface area (TPSA) is 52.3 Å². The second-order valence-electron chi connectivity index (χ2n) is 3.24. The summed E-state index contributed by atoms with van der Waals surface area (Å²) in [6.45, 7) is 0. The van der Waals surface area contributed by atoms with Crippen molar-refractivity contribution in [3.63, 3.8) is 0 Å². The highest BCUT2D eigenvalue weighted by Gasteiger charge is 2.11. The van der Waals surface area contributed by atoms with Gasteiger partial charge < -0.3 is 10.5 Å². The van der Waals surface area contributed by atoms with Crippen LogP contribution in [0.4, 0.5) is 5.69 Å². The summed E-state index contributed by atoms with van der Waals surface area (Å²) in [5, 5.41) is 1.89.